The van der Waals surface area contributed by atoms with E-state index in [0.717, 1.165) is 0 Å². The number of nitrogens with one attached hydrogen (secondary N) is 1. The SMILES string of the molecule is COCCn1cc(NC(=O)COc2cccc(N)c2)cn1. The van der Waals surface area contributed by atoms with Crippen LogP contribution in [0.3, 0.4) is 0 Å². The number of amides is 1. The molecule has 1 heterocycles. The summed E-state index contributed by atoms with van der Waals surface area (Å²) in [5.41, 5.74) is 6.84. The van der Waals surface area contributed by atoms with Gasteiger partial charge in [-0.15, -0.1) is 0 Å². The molecular formula is C14H18N4O3. The van der Waals surface area contributed by atoms with Gasteiger partial charge < -0.3 is 20.5 Å². The molecule has 7 nitrogen and oxygen atoms in total. The van der Waals surface area contributed by atoms with Gasteiger partial charge in [0.1, 0.15) is 5.75 Å². The number of hydrogen-bond acceptors (Lipinski definition) is 5. The first kappa shape index (κ1) is 14.9. The maximum Gasteiger partial charge on any atom is 0.262 e. The third kappa shape index (κ3) is 4.81. The molecular weight excluding hydrogens is 272 g/mol. The first-order valence-corrected chi connectivity index (χ1v) is 6.47. The van der Waals surface area contributed by atoms with E-state index in [1.54, 1.807) is 48.5 Å². The van der Waals surface area contributed by atoms with Crippen LogP contribution in [-0.2, 0) is 16.1 Å². The summed E-state index contributed by atoms with van der Waals surface area (Å²) in [6, 6.07) is 6.92. The minimum absolute atomic E-state index is 0.0906. The highest BCUT2D eigenvalue weighted by molar-refractivity contribution is 5.91. The second kappa shape index (κ2) is 7.30. The Morgan fingerprint density at radius 2 is 2.33 bits per heavy atom. The van der Waals surface area contributed by atoms with E-state index in [9.17, 15) is 4.79 Å². The Morgan fingerprint density at radius 3 is 3.10 bits per heavy atom. The molecule has 0 bridgehead atoms. The van der Waals surface area contributed by atoms with Crippen molar-refractivity contribution in [1.29, 1.82) is 0 Å². The maximum absolute atomic E-state index is 11.8. The van der Waals surface area contributed by atoms with Crippen LogP contribution in [0, 0.1) is 0 Å². The van der Waals surface area contributed by atoms with Crippen LogP contribution in [0.2, 0.25) is 0 Å². The van der Waals surface area contributed by atoms with E-state index >= 15 is 0 Å². The number of methoxy groups -OCH3 is 1. The first-order valence-electron chi connectivity index (χ1n) is 6.47. The number of hydrogen-bond donors (Lipinski definition) is 2. The number of rotatable bonds is 7. The molecule has 112 valence electrons. The van der Waals surface area contributed by atoms with Crippen LogP contribution in [0.15, 0.2) is 36.7 Å². The molecule has 1 aromatic carbocycles. The summed E-state index contributed by atoms with van der Waals surface area (Å²) in [4.78, 5) is 11.8. The molecule has 0 aliphatic heterocycles. The van der Waals surface area contributed by atoms with Crippen LogP contribution in [0.5, 0.6) is 5.75 Å². The lowest BCUT2D eigenvalue weighted by Gasteiger charge is -2.06. The highest BCUT2D eigenvalue weighted by Gasteiger charge is 2.06. The van der Waals surface area contributed by atoms with Gasteiger partial charge in [-0.2, -0.15) is 5.10 Å². The number of ether oxygens (including phenoxy) is 2. The number of benzene rings is 1. The normalized spacial score (nSPS) is 10.3. The van der Waals surface area contributed by atoms with Crippen molar-refractivity contribution < 1.29 is 14.3 Å². The highest BCUT2D eigenvalue weighted by atomic mass is 16.5. The molecule has 3 N–H and O–H groups in total. The number of carbonyl (C=O) groups is 1. The smallest absolute Gasteiger partial charge is 0.262 e. The van der Waals surface area contributed by atoms with Gasteiger partial charge in [0.05, 0.1) is 25.0 Å². The standard InChI is InChI=1S/C14H18N4O3/c1-20-6-5-18-9-12(8-16-18)17-14(19)10-21-13-4-2-3-11(15)7-13/h2-4,7-9H,5-6,10,15H2,1H3,(H,17,19). The van der Waals surface area contributed by atoms with E-state index in [4.69, 9.17) is 15.2 Å². The molecule has 2 rings (SSSR count). The molecule has 0 radical (unpaired) electrons. The van der Waals surface area contributed by atoms with Crippen molar-refractivity contribution in [1.82, 2.24) is 9.78 Å². The van der Waals surface area contributed by atoms with Gasteiger partial charge in [-0.25, -0.2) is 0 Å². The molecule has 0 aliphatic rings. The number of anilines is 2. The fourth-order valence-electron chi connectivity index (χ4n) is 1.69. The summed E-state index contributed by atoms with van der Waals surface area (Å²) >= 11 is 0. The zero-order valence-corrected chi connectivity index (χ0v) is 11.8. The lowest BCUT2D eigenvalue weighted by atomic mass is 10.3. The Balaban J connectivity index is 1.80. The maximum atomic E-state index is 11.8. The van der Waals surface area contributed by atoms with Gasteiger partial charge in [0.2, 0.25) is 0 Å². The molecule has 7 heteroatoms. The Labute approximate surface area is 122 Å². The summed E-state index contributed by atoms with van der Waals surface area (Å²) in [5.74, 6) is 0.296. The average molecular weight is 290 g/mol. The average Bonchev–Trinajstić information content (AvgIpc) is 2.90. The van der Waals surface area contributed by atoms with Crippen molar-refractivity contribution in [2.45, 2.75) is 6.54 Å². The van der Waals surface area contributed by atoms with Crippen LogP contribution in [0.1, 0.15) is 0 Å². The van der Waals surface area contributed by atoms with Crippen LogP contribution < -0.4 is 15.8 Å². The second-order valence-electron chi connectivity index (χ2n) is 4.39. The summed E-state index contributed by atoms with van der Waals surface area (Å²) in [6.45, 7) is 1.10. The van der Waals surface area contributed by atoms with Gasteiger partial charge in [-0.1, -0.05) is 6.07 Å². The van der Waals surface area contributed by atoms with E-state index in [-0.39, 0.29) is 12.5 Å². The van der Waals surface area contributed by atoms with E-state index < -0.39 is 0 Å². The molecule has 0 saturated carbocycles. The zero-order valence-electron chi connectivity index (χ0n) is 11.8. The van der Waals surface area contributed by atoms with Gasteiger partial charge in [-0.3, -0.25) is 9.48 Å². The summed E-state index contributed by atoms with van der Waals surface area (Å²) in [6.07, 6.45) is 3.31. The number of nitrogens with two attached hydrogens (primary N) is 1. The van der Waals surface area contributed by atoms with E-state index in [0.29, 0.717) is 30.3 Å². The molecule has 0 fully saturated rings. The van der Waals surface area contributed by atoms with Crippen molar-refractivity contribution in [2.75, 3.05) is 31.4 Å². The lowest BCUT2D eigenvalue weighted by Crippen LogP contribution is -2.19. The lowest BCUT2D eigenvalue weighted by molar-refractivity contribution is -0.118. The summed E-state index contributed by atoms with van der Waals surface area (Å²) in [7, 11) is 1.62. The molecule has 0 spiro atoms. The first-order chi connectivity index (χ1) is 10.2. The topological polar surface area (TPSA) is 91.4 Å². The largest absolute Gasteiger partial charge is 0.484 e. The number of aromatic nitrogens is 2. The molecule has 0 atom stereocenters. The number of nitrogen functional groups attached to an aromatic ring is 1. The van der Waals surface area contributed by atoms with Crippen molar-refractivity contribution in [3.8, 4) is 5.75 Å². The van der Waals surface area contributed by atoms with Crippen molar-refractivity contribution in [3.05, 3.63) is 36.7 Å². The van der Waals surface area contributed by atoms with E-state index in [2.05, 4.69) is 10.4 Å². The molecule has 1 aromatic heterocycles. The minimum Gasteiger partial charge on any atom is -0.484 e. The molecule has 0 unspecified atom stereocenters. The van der Waals surface area contributed by atoms with E-state index in [1.807, 2.05) is 0 Å². The Kier molecular flexibility index (Phi) is 5.16. The molecule has 2 aromatic rings. The number of carbonyl (C=O) groups excluding carboxylic acids is 1. The Bertz CT molecular complexity index is 597. The predicted molar refractivity (Wildman–Crippen MR) is 79.1 cm³/mol. The third-order valence-electron chi connectivity index (χ3n) is 2.67. The Morgan fingerprint density at radius 1 is 1.48 bits per heavy atom. The van der Waals surface area contributed by atoms with Crippen LogP contribution in [0.25, 0.3) is 0 Å². The molecule has 1 amide bonds. The third-order valence-corrected chi connectivity index (χ3v) is 2.67. The molecule has 21 heavy (non-hydrogen) atoms. The van der Waals surface area contributed by atoms with Crippen LogP contribution in [-0.4, -0.2) is 36.0 Å². The quantitative estimate of drug-likeness (QED) is 0.746. The summed E-state index contributed by atoms with van der Waals surface area (Å²) in [5, 5.41) is 6.81. The molecule has 0 saturated heterocycles. The minimum atomic E-state index is -0.260. The van der Waals surface area contributed by atoms with Crippen molar-refractivity contribution in [2.24, 2.45) is 0 Å². The van der Waals surface area contributed by atoms with E-state index in [1.165, 1.54) is 0 Å². The van der Waals surface area contributed by atoms with Crippen molar-refractivity contribution >= 4 is 17.3 Å². The van der Waals surface area contributed by atoms with Crippen LogP contribution in [0.4, 0.5) is 11.4 Å². The van der Waals surface area contributed by atoms with Crippen LogP contribution >= 0.6 is 0 Å². The summed E-state index contributed by atoms with van der Waals surface area (Å²) < 4.78 is 12.0. The number of nitrogens with zero attached hydrogens (tertiary/aromatic N) is 2. The fraction of sp³-hybridized carbons (Fsp3) is 0.286. The zero-order chi connectivity index (χ0) is 15.1. The van der Waals surface area contributed by atoms with Gasteiger partial charge in [0.25, 0.3) is 5.91 Å². The van der Waals surface area contributed by atoms with Gasteiger partial charge in [-0.05, 0) is 12.1 Å². The molecule has 0 aliphatic carbocycles. The Hall–Kier alpha value is -2.54. The van der Waals surface area contributed by atoms with Gasteiger partial charge in [0, 0.05) is 25.1 Å². The van der Waals surface area contributed by atoms with Gasteiger partial charge in [0.15, 0.2) is 6.61 Å². The highest BCUT2D eigenvalue weighted by Crippen LogP contribution is 2.14. The van der Waals surface area contributed by atoms with Crippen molar-refractivity contribution in [3.63, 3.8) is 0 Å². The fourth-order valence-corrected chi connectivity index (χ4v) is 1.69. The predicted octanol–water partition coefficient (Wildman–Crippen LogP) is 1.13. The monoisotopic (exact) mass is 290 g/mol. The second-order valence-corrected chi connectivity index (χ2v) is 4.39. The van der Waals surface area contributed by atoms with Gasteiger partial charge >= 0.3 is 0 Å².